The molecule has 0 atom stereocenters. The first kappa shape index (κ1) is 31.6. The van der Waals surface area contributed by atoms with E-state index in [4.69, 9.17) is 15.2 Å². The number of carbonyl (C=O) groups is 1. The van der Waals surface area contributed by atoms with Gasteiger partial charge in [-0.2, -0.15) is 13.2 Å². The van der Waals surface area contributed by atoms with Crippen LogP contribution in [0.1, 0.15) is 20.9 Å². The quantitative estimate of drug-likeness (QED) is 0.102. The summed E-state index contributed by atoms with van der Waals surface area (Å²) in [5.41, 5.74) is 7.17. The van der Waals surface area contributed by atoms with Crippen molar-refractivity contribution in [2.24, 2.45) is 0 Å². The Morgan fingerprint density at radius 1 is 0.878 bits per heavy atom. The number of halogens is 6. The van der Waals surface area contributed by atoms with Crippen molar-refractivity contribution in [2.75, 3.05) is 5.73 Å². The Hall–Kier alpha value is -5.96. The van der Waals surface area contributed by atoms with E-state index in [1.54, 1.807) is 6.07 Å². The van der Waals surface area contributed by atoms with Crippen LogP contribution in [0.3, 0.4) is 0 Å². The van der Waals surface area contributed by atoms with Gasteiger partial charge in [0.05, 0.1) is 16.9 Å². The summed E-state index contributed by atoms with van der Waals surface area (Å²) in [5.74, 6) is -2.29. The molecule has 3 N–H and O–H groups in total. The van der Waals surface area contributed by atoms with E-state index in [0.29, 0.717) is 16.8 Å². The maximum absolute atomic E-state index is 14.0. The fraction of sp³-hybridized carbons (Fsp3) is 0.0588. The molecule has 7 rings (SSSR count). The van der Waals surface area contributed by atoms with E-state index in [1.807, 2.05) is 42.5 Å². The maximum Gasteiger partial charge on any atom is 0.573 e. The summed E-state index contributed by atoms with van der Waals surface area (Å²) >= 11 is 0.878. The number of fused-ring (bicyclic) bond motifs is 2. The second-order valence-electron chi connectivity index (χ2n) is 10.7. The van der Waals surface area contributed by atoms with Crippen LogP contribution < -0.4 is 15.2 Å². The number of nitrogens with zero attached hydrogens (tertiary/aromatic N) is 3. The number of ether oxygens (including phenoxy) is 1. The zero-order valence-corrected chi connectivity index (χ0v) is 25.3. The lowest BCUT2D eigenvalue weighted by Gasteiger charge is -2.12. The highest BCUT2D eigenvalue weighted by atomic mass is 32.1. The van der Waals surface area contributed by atoms with Gasteiger partial charge in [-0.25, -0.2) is 4.98 Å². The van der Waals surface area contributed by atoms with Gasteiger partial charge in [0.2, 0.25) is 11.0 Å². The highest BCUT2D eigenvalue weighted by Crippen LogP contribution is 2.44. The molecule has 0 bridgehead atoms. The summed E-state index contributed by atoms with van der Waals surface area (Å²) in [6.07, 6.45) is -9.50. The van der Waals surface area contributed by atoms with Crippen molar-refractivity contribution in [2.45, 2.75) is 12.5 Å². The van der Waals surface area contributed by atoms with Crippen LogP contribution >= 0.6 is 11.3 Å². The Balaban J connectivity index is 1.39. The van der Waals surface area contributed by atoms with Crippen molar-refractivity contribution in [3.8, 4) is 39.8 Å². The summed E-state index contributed by atoms with van der Waals surface area (Å²) in [7, 11) is 0. The van der Waals surface area contributed by atoms with Gasteiger partial charge in [-0.15, -0.1) is 24.5 Å². The zero-order valence-electron chi connectivity index (χ0n) is 24.5. The molecule has 4 aromatic carbocycles. The van der Waals surface area contributed by atoms with Gasteiger partial charge in [0.15, 0.2) is 0 Å². The number of nitrogens with two attached hydrogens (primary N) is 1. The molecular formula is C34H19F6N4O4S+. The molecule has 0 aliphatic rings. The predicted octanol–water partition coefficient (Wildman–Crippen LogP) is 8.48. The van der Waals surface area contributed by atoms with E-state index in [2.05, 4.69) is 10.0 Å². The van der Waals surface area contributed by atoms with Crippen LogP contribution in [0.2, 0.25) is 0 Å². The van der Waals surface area contributed by atoms with Crippen LogP contribution in [0.25, 0.3) is 49.1 Å². The van der Waals surface area contributed by atoms with Crippen molar-refractivity contribution in [3.05, 3.63) is 113 Å². The summed E-state index contributed by atoms with van der Waals surface area (Å²) in [5, 5.41) is 16.3. The minimum atomic E-state index is -4.93. The first-order valence-corrected chi connectivity index (χ1v) is 15.0. The summed E-state index contributed by atoms with van der Waals surface area (Å²) < 4.78 is 87.8. The average molecular weight is 694 g/mol. The molecule has 0 saturated carbocycles. The third-order valence-corrected chi connectivity index (χ3v) is 8.75. The highest BCUT2D eigenvalue weighted by molar-refractivity contribution is 7.21. The van der Waals surface area contributed by atoms with Gasteiger partial charge in [-0.05, 0) is 52.2 Å². The zero-order chi connectivity index (χ0) is 34.7. The number of thiophene rings is 1. The minimum Gasteiger partial charge on any atom is -0.474 e. The lowest BCUT2D eigenvalue weighted by Crippen LogP contribution is -2.38. The summed E-state index contributed by atoms with van der Waals surface area (Å²) in [4.78, 5) is 19.0. The molecule has 3 heterocycles. The molecule has 0 amide bonds. The van der Waals surface area contributed by atoms with Crippen LogP contribution in [-0.4, -0.2) is 27.5 Å². The number of ketones is 1. The number of alkyl halides is 6. The van der Waals surface area contributed by atoms with Gasteiger partial charge in [-0.3, -0.25) is 9.32 Å². The summed E-state index contributed by atoms with van der Waals surface area (Å²) in [6, 6.07) is 23.6. The first-order valence-electron chi connectivity index (χ1n) is 14.2. The van der Waals surface area contributed by atoms with Crippen molar-refractivity contribution < 1.29 is 50.2 Å². The minimum absolute atomic E-state index is 0.0448. The predicted molar refractivity (Wildman–Crippen MR) is 167 cm³/mol. The number of aromatic nitrogens is 3. The second kappa shape index (κ2) is 11.6. The molecule has 0 unspecified atom stereocenters. The van der Waals surface area contributed by atoms with Gasteiger partial charge in [0.1, 0.15) is 15.5 Å². The Kier molecular flexibility index (Phi) is 7.50. The monoisotopic (exact) mass is 693 g/mol. The molecule has 7 aromatic rings. The van der Waals surface area contributed by atoms with E-state index >= 15 is 0 Å². The van der Waals surface area contributed by atoms with Crippen molar-refractivity contribution >= 4 is 43.8 Å². The molecule has 3 aromatic heterocycles. The van der Waals surface area contributed by atoms with Gasteiger partial charge < -0.3 is 15.6 Å². The largest absolute Gasteiger partial charge is 0.573 e. The van der Waals surface area contributed by atoms with Crippen molar-refractivity contribution in [3.63, 3.8) is 0 Å². The standard InChI is InChI=1S/C34H18F6N4O4S/c35-33(36,37)19-10-8-18(9-11-19)24-16-25(23-7-3-5-17-4-1-2-6-22(17)23)42-31-26(24)27(41)30(49-31)29(45)28-32(46)48-43-44(28)20-12-14-21(15-13-20)47-34(38,39)40/h1-16H,(H2-,41,43,45,46)/p+1. The highest BCUT2D eigenvalue weighted by Gasteiger charge is 2.38. The van der Waals surface area contributed by atoms with Gasteiger partial charge in [-0.1, -0.05) is 54.6 Å². The normalized spacial score (nSPS) is 12.1. The van der Waals surface area contributed by atoms with Crippen molar-refractivity contribution in [1.82, 2.24) is 10.3 Å². The number of rotatable bonds is 6. The maximum atomic E-state index is 14.0. The number of aromatic hydroxyl groups is 1. The number of hydrogen-bond acceptors (Lipinski definition) is 8. The lowest BCUT2D eigenvalue weighted by molar-refractivity contribution is -0.672. The molecule has 246 valence electrons. The lowest BCUT2D eigenvalue weighted by atomic mass is 9.96. The fourth-order valence-corrected chi connectivity index (χ4v) is 6.52. The molecule has 8 nitrogen and oxygen atoms in total. The molecule has 0 aliphatic carbocycles. The molecule has 0 fully saturated rings. The molecule has 15 heteroatoms. The Labute approximate surface area is 275 Å². The second-order valence-corrected chi connectivity index (χ2v) is 11.7. The van der Waals surface area contributed by atoms with Gasteiger partial charge in [0, 0.05) is 27.8 Å². The van der Waals surface area contributed by atoms with E-state index in [0.717, 1.165) is 68.8 Å². The van der Waals surface area contributed by atoms with E-state index in [1.165, 1.54) is 12.1 Å². The van der Waals surface area contributed by atoms with E-state index < -0.39 is 41.3 Å². The van der Waals surface area contributed by atoms with Crippen LogP contribution in [-0.2, 0) is 6.18 Å². The molecule has 0 saturated heterocycles. The van der Waals surface area contributed by atoms with Crippen LogP contribution in [0.15, 0.2) is 102 Å². The molecular weight excluding hydrogens is 674 g/mol. The number of pyridine rings is 1. The Bertz CT molecular complexity index is 2380. The molecule has 0 radical (unpaired) electrons. The SMILES string of the molecule is Nc1c(C(=O)c2c(O)on[n+]2-c2ccc(OC(F)(F)F)cc2)sc2nc(-c3cccc4ccccc34)cc(-c3ccc(C(F)(F)F)cc3)c12. The molecule has 49 heavy (non-hydrogen) atoms. The number of anilines is 1. The number of nitrogen functional groups attached to an aromatic ring is 1. The number of benzene rings is 4. The van der Waals surface area contributed by atoms with E-state index in [9.17, 15) is 36.2 Å². The van der Waals surface area contributed by atoms with Crippen LogP contribution in [0.4, 0.5) is 32.0 Å². The molecule has 0 spiro atoms. The third kappa shape index (κ3) is 5.88. The van der Waals surface area contributed by atoms with Crippen molar-refractivity contribution in [1.29, 1.82) is 0 Å². The van der Waals surface area contributed by atoms with Crippen LogP contribution in [0, 0.1) is 0 Å². The number of hydrogen-bond donors (Lipinski definition) is 2. The topological polar surface area (TPSA) is 115 Å². The van der Waals surface area contributed by atoms with Gasteiger partial charge >= 0.3 is 24.2 Å². The number of carbonyl (C=O) groups excluding carboxylic acids is 1. The van der Waals surface area contributed by atoms with Crippen LogP contribution in [0.5, 0.6) is 11.7 Å². The Morgan fingerprint density at radius 2 is 1.57 bits per heavy atom. The molecule has 0 aliphatic heterocycles. The first-order chi connectivity index (χ1) is 23.3. The van der Waals surface area contributed by atoms with Gasteiger partial charge in [0.25, 0.3) is 5.78 Å². The summed E-state index contributed by atoms with van der Waals surface area (Å²) in [6.45, 7) is 0. The average Bonchev–Trinajstić information content (AvgIpc) is 3.62. The fourth-order valence-electron chi connectivity index (χ4n) is 5.46. The Morgan fingerprint density at radius 3 is 2.27 bits per heavy atom. The smallest absolute Gasteiger partial charge is 0.474 e. The van der Waals surface area contributed by atoms with E-state index in [-0.39, 0.29) is 26.5 Å². The third-order valence-electron chi connectivity index (χ3n) is 7.65.